The van der Waals surface area contributed by atoms with Crippen molar-refractivity contribution in [2.75, 3.05) is 26.3 Å². The quantitative estimate of drug-likeness (QED) is 0.105. The molecule has 2 aliphatic heterocycles. The second-order valence-corrected chi connectivity index (χ2v) is 15.4. The molecule has 6 rings (SSSR count). The number of carbonyl (C=O) groups excluding carboxylic acids is 2. The van der Waals surface area contributed by atoms with Gasteiger partial charge >= 0.3 is 36.8 Å². The first-order valence-corrected chi connectivity index (χ1v) is 20.1. The van der Waals surface area contributed by atoms with E-state index in [1.165, 1.54) is 13.8 Å². The highest BCUT2D eigenvalue weighted by Crippen LogP contribution is 2.42. The molecule has 2 aliphatic rings. The van der Waals surface area contributed by atoms with Crippen molar-refractivity contribution in [1.29, 1.82) is 0 Å². The molecule has 66 heavy (non-hydrogen) atoms. The molecule has 4 aromatic carbocycles. The zero-order chi connectivity index (χ0) is 49.2. The van der Waals surface area contributed by atoms with E-state index in [9.17, 15) is 72.5 Å². The molecule has 0 unspecified atom stereocenters. The molecule has 2 fully saturated rings. The summed E-state index contributed by atoms with van der Waals surface area (Å²) >= 11 is 0. The lowest BCUT2D eigenvalue weighted by Crippen LogP contribution is -2.51. The van der Waals surface area contributed by atoms with Crippen LogP contribution in [0.5, 0.6) is 0 Å². The van der Waals surface area contributed by atoms with Gasteiger partial charge in [-0.05, 0) is 86.3 Å². The van der Waals surface area contributed by atoms with Crippen LogP contribution in [0.25, 0.3) is 0 Å². The van der Waals surface area contributed by atoms with E-state index in [4.69, 9.17) is 9.47 Å². The van der Waals surface area contributed by atoms with Crippen LogP contribution in [0.3, 0.4) is 0 Å². The molecule has 22 heteroatoms. The minimum absolute atomic E-state index is 0.0434. The van der Waals surface area contributed by atoms with E-state index in [0.717, 1.165) is 9.80 Å². The van der Waals surface area contributed by atoms with Crippen LogP contribution in [0.1, 0.15) is 84.4 Å². The Bertz CT molecular complexity index is 2090. The number of ether oxygens (including phenoxy) is 2. The molecular weight excluding hydrogens is 908 g/mol. The summed E-state index contributed by atoms with van der Waals surface area (Å²) in [6, 6.07) is 17.9. The number of hydrogen-bond donors (Lipinski definition) is 4. The van der Waals surface area contributed by atoms with Crippen molar-refractivity contribution in [2.24, 2.45) is 0 Å². The number of carbonyl (C=O) groups is 2. The Labute approximate surface area is 370 Å². The van der Waals surface area contributed by atoms with Crippen molar-refractivity contribution in [3.8, 4) is 0 Å². The van der Waals surface area contributed by atoms with E-state index < -0.39 is 108 Å². The van der Waals surface area contributed by atoms with Crippen molar-refractivity contribution in [3.63, 3.8) is 0 Å². The van der Waals surface area contributed by atoms with Gasteiger partial charge in [-0.3, -0.25) is 9.80 Å². The first-order chi connectivity index (χ1) is 30.6. The fourth-order valence-electron chi connectivity index (χ4n) is 7.48. The Balaban J connectivity index is 0.000000247. The monoisotopic (exact) mass is 952 g/mol. The van der Waals surface area contributed by atoms with E-state index >= 15 is 0 Å². The standard InChI is InChI=1S/2C22H22F6N2O3/c2*1-3-30-18(31)20(29-19(30)32,15-7-5-4-6-8-15)12-33-13(2)14-9-16(21(23,24)25)11-17(10-14)22(26,27)28/h2*4-11,13,18,31H,3,12H2,1-2H3,(H,29,32)/t13-,18+,20-;13-,18-,20-/m11/s1. The number of halogens is 12. The average Bonchev–Trinajstić information content (AvgIpc) is 3.66. The Kier molecular flexibility index (Phi) is 15.1. The molecule has 0 spiro atoms. The minimum atomic E-state index is -4.99. The van der Waals surface area contributed by atoms with E-state index in [-0.39, 0.29) is 36.3 Å². The maximum absolute atomic E-state index is 13.2. The second-order valence-electron chi connectivity index (χ2n) is 15.4. The molecule has 4 amide bonds. The fraction of sp³-hybridized carbons (Fsp3) is 0.409. The third-order valence-corrected chi connectivity index (χ3v) is 11.2. The van der Waals surface area contributed by atoms with Crippen LogP contribution in [-0.2, 0) is 45.3 Å². The lowest BCUT2D eigenvalue weighted by atomic mass is 9.89. The van der Waals surface area contributed by atoms with Crippen LogP contribution in [0, 0.1) is 0 Å². The summed E-state index contributed by atoms with van der Waals surface area (Å²) in [5, 5.41) is 27.1. The summed E-state index contributed by atoms with van der Waals surface area (Å²) in [5.41, 5.74) is -8.51. The van der Waals surface area contributed by atoms with E-state index in [2.05, 4.69) is 10.6 Å². The summed E-state index contributed by atoms with van der Waals surface area (Å²) in [7, 11) is 0. The Morgan fingerprint density at radius 2 is 0.803 bits per heavy atom. The number of likely N-dealkylation sites (N-methyl/N-ethyl adjacent to an activating group) is 2. The third kappa shape index (κ3) is 11.0. The lowest BCUT2D eigenvalue weighted by molar-refractivity contribution is -0.145. The minimum Gasteiger partial charge on any atom is -0.371 e. The van der Waals surface area contributed by atoms with Gasteiger partial charge in [0.05, 0.1) is 47.7 Å². The smallest absolute Gasteiger partial charge is 0.371 e. The average molecular weight is 953 g/mol. The number of rotatable bonds is 12. The number of alkyl halides is 12. The third-order valence-electron chi connectivity index (χ3n) is 11.2. The normalized spacial score (nSPS) is 22.4. The molecule has 0 saturated carbocycles. The van der Waals surface area contributed by atoms with Crippen molar-refractivity contribution < 1.29 is 82.0 Å². The van der Waals surface area contributed by atoms with Gasteiger partial charge in [-0.1, -0.05) is 60.7 Å². The van der Waals surface area contributed by atoms with Gasteiger partial charge in [0, 0.05) is 13.1 Å². The van der Waals surface area contributed by atoms with Crippen LogP contribution in [-0.4, -0.2) is 70.8 Å². The largest absolute Gasteiger partial charge is 0.416 e. The predicted molar refractivity (Wildman–Crippen MR) is 212 cm³/mol. The topological polar surface area (TPSA) is 124 Å². The van der Waals surface area contributed by atoms with Crippen molar-refractivity contribution >= 4 is 12.1 Å². The van der Waals surface area contributed by atoms with Gasteiger partial charge in [0.2, 0.25) is 0 Å². The summed E-state index contributed by atoms with van der Waals surface area (Å²) in [6.07, 6.45) is -25.1. The van der Waals surface area contributed by atoms with Crippen molar-refractivity contribution in [2.45, 2.75) is 88.1 Å². The highest BCUT2D eigenvalue weighted by Gasteiger charge is 2.53. The van der Waals surface area contributed by atoms with Crippen LogP contribution < -0.4 is 10.6 Å². The SMILES string of the molecule is CCN1C(=O)N[C@](CO[C@H](C)c2cc(C(F)(F)F)cc(C(F)(F)F)c2)(c2ccccc2)[C@@H]1O.CCN1C(=O)N[C@](CO[C@H](C)c2cc(C(F)(F)F)cc(C(F)(F)F)c2)(c2ccccc2)[C@H]1O. The fourth-order valence-corrected chi connectivity index (χ4v) is 7.48. The van der Waals surface area contributed by atoms with Crippen LogP contribution in [0.2, 0.25) is 0 Å². The Morgan fingerprint density at radius 3 is 1.03 bits per heavy atom. The van der Waals surface area contributed by atoms with Crippen LogP contribution in [0.4, 0.5) is 62.3 Å². The molecule has 2 heterocycles. The van der Waals surface area contributed by atoms with Gasteiger partial charge in [-0.15, -0.1) is 0 Å². The maximum atomic E-state index is 13.2. The summed E-state index contributed by atoms with van der Waals surface area (Å²) in [4.78, 5) is 27.0. The van der Waals surface area contributed by atoms with Gasteiger partial charge in [0.1, 0.15) is 11.1 Å². The molecule has 0 aromatic heterocycles. The van der Waals surface area contributed by atoms with Gasteiger partial charge < -0.3 is 30.3 Å². The summed E-state index contributed by atoms with van der Waals surface area (Å²) in [5.74, 6) is 0. The molecule has 6 atom stereocenters. The first-order valence-electron chi connectivity index (χ1n) is 20.1. The Morgan fingerprint density at radius 1 is 0.530 bits per heavy atom. The highest BCUT2D eigenvalue weighted by atomic mass is 19.4. The number of benzene rings is 4. The lowest BCUT2D eigenvalue weighted by Gasteiger charge is -2.34. The first kappa shape index (κ1) is 51.4. The van der Waals surface area contributed by atoms with Gasteiger partial charge in [0.25, 0.3) is 0 Å². The number of hydrogen-bond acceptors (Lipinski definition) is 6. The van der Waals surface area contributed by atoms with Crippen LogP contribution >= 0.6 is 0 Å². The number of nitrogens with one attached hydrogen (secondary N) is 2. The molecule has 4 N–H and O–H groups in total. The molecule has 4 aromatic rings. The predicted octanol–water partition coefficient (Wildman–Crippen LogP) is 10.1. The van der Waals surface area contributed by atoms with E-state index in [0.29, 0.717) is 35.4 Å². The Hall–Kier alpha value is -5.58. The summed E-state index contributed by atoms with van der Waals surface area (Å²) in [6.45, 7) is 5.42. The molecule has 10 nitrogen and oxygen atoms in total. The maximum Gasteiger partial charge on any atom is 0.416 e. The van der Waals surface area contributed by atoms with Crippen molar-refractivity contribution in [1.82, 2.24) is 20.4 Å². The molecule has 0 bridgehead atoms. The van der Waals surface area contributed by atoms with Gasteiger partial charge in [-0.25, -0.2) is 9.59 Å². The molecular formula is C44H44F12N4O6. The molecule has 0 radical (unpaired) electrons. The van der Waals surface area contributed by atoms with Crippen LogP contribution in [0.15, 0.2) is 97.1 Å². The number of urea groups is 2. The summed E-state index contributed by atoms with van der Waals surface area (Å²) < 4.78 is 170. The van der Waals surface area contributed by atoms with Crippen molar-refractivity contribution in [3.05, 3.63) is 142 Å². The van der Waals surface area contributed by atoms with E-state index in [1.807, 2.05) is 0 Å². The zero-order valence-corrected chi connectivity index (χ0v) is 35.3. The second kappa shape index (κ2) is 19.3. The van der Waals surface area contributed by atoms with E-state index in [1.54, 1.807) is 74.5 Å². The number of aliphatic hydroxyl groups excluding tert-OH is 2. The number of aliphatic hydroxyl groups is 2. The molecule has 0 aliphatic carbocycles. The van der Waals surface area contributed by atoms with Gasteiger partial charge in [0.15, 0.2) is 12.5 Å². The molecule has 2 saturated heterocycles. The number of amides is 4. The zero-order valence-electron chi connectivity index (χ0n) is 35.3. The number of nitrogens with zero attached hydrogens (tertiary/aromatic N) is 2. The highest BCUT2D eigenvalue weighted by molar-refractivity contribution is 5.79. The molecule has 360 valence electrons. The van der Waals surface area contributed by atoms with Gasteiger partial charge in [-0.2, -0.15) is 52.7 Å².